The molecule has 1 amide bonds. The number of rotatable bonds is 7. The van der Waals surface area contributed by atoms with E-state index in [9.17, 15) is 15.0 Å². The van der Waals surface area contributed by atoms with E-state index in [4.69, 9.17) is 4.74 Å². The molecule has 0 spiro atoms. The zero-order valence-electron chi connectivity index (χ0n) is 14.2. The third-order valence-electron chi connectivity index (χ3n) is 4.75. The van der Waals surface area contributed by atoms with E-state index < -0.39 is 11.5 Å². The van der Waals surface area contributed by atoms with Crippen LogP contribution in [0.2, 0.25) is 0 Å². The van der Waals surface area contributed by atoms with Crippen LogP contribution in [0.3, 0.4) is 0 Å². The molecule has 0 bridgehead atoms. The van der Waals surface area contributed by atoms with Crippen molar-refractivity contribution in [2.45, 2.75) is 25.4 Å². The summed E-state index contributed by atoms with van der Waals surface area (Å²) in [5.74, 6) is -0.0877. The van der Waals surface area contributed by atoms with Gasteiger partial charge >= 0.3 is 0 Å². The number of likely N-dealkylation sites (tertiary alicyclic amines) is 1. The Balaban J connectivity index is 2.02. The number of ether oxygens (including phenoxy) is 1. The molecule has 0 saturated carbocycles. The molecule has 1 aliphatic heterocycles. The van der Waals surface area contributed by atoms with Gasteiger partial charge in [-0.15, -0.1) is 0 Å². The van der Waals surface area contributed by atoms with Gasteiger partial charge in [0, 0.05) is 38.3 Å². The van der Waals surface area contributed by atoms with Gasteiger partial charge in [-0.05, 0) is 30.9 Å². The molecule has 2 rings (SSSR count). The minimum atomic E-state index is -0.660. The number of nitrogens with zero attached hydrogens (tertiary/aromatic N) is 1. The maximum Gasteiger partial charge on any atom is 0.246 e. The Morgan fingerprint density at radius 1 is 1.42 bits per heavy atom. The number of carbonyl (C=O) groups excluding carboxylic acids is 1. The average molecular weight is 333 g/mol. The predicted octanol–water partition coefficient (Wildman–Crippen LogP) is 1.70. The molecule has 1 fully saturated rings. The summed E-state index contributed by atoms with van der Waals surface area (Å²) in [5, 5.41) is 20.2. The SMILES string of the molecule is COCCC[C@@]1(CO)CN(C(=O)C=Cc2ccccc2)CC[C@H]1O. The molecule has 0 radical (unpaired) electrons. The Bertz CT molecular complexity index is 546. The molecule has 0 aromatic heterocycles. The first-order valence-electron chi connectivity index (χ1n) is 8.41. The van der Waals surface area contributed by atoms with Crippen molar-refractivity contribution in [2.75, 3.05) is 33.4 Å². The fraction of sp³-hybridized carbons (Fsp3) is 0.526. The number of aliphatic hydroxyl groups excluding tert-OH is 2. The average Bonchev–Trinajstić information content (AvgIpc) is 2.62. The van der Waals surface area contributed by atoms with E-state index >= 15 is 0 Å². The zero-order valence-corrected chi connectivity index (χ0v) is 14.2. The highest BCUT2D eigenvalue weighted by Gasteiger charge is 2.42. The molecule has 1 aromatic rings. The van der Waals surface area contributed by atoms with Crippen molar-refractivity contribution < 1.29 is 19.7 Å². The Kier molecular flexibility index (Phi) is 6.97. The summed E-state index contributed by atoms with van der Waals surface area (Å²) in [7, 11) is 1.63. The second-order valence-corrected chi connectivity index (χ2v) is 6.43. The van der Waals surface area contributed by atoms with Crippen LogP contribution in [0.1, 0.15) is 24.8 Å². The predicted molar refractivity (Wildman–Crippen MR) is 93.3 cm³/mol. The van der Waals surface area contributed by atoms with Crippen molar-refractivity contribution in [3.05, 3.63) is 42.0 Å². The van der Waals surface area contributed by atoms with Gasteiger partial charge < -0.3 is 19.8 Å². The summed E-state index contributed by atoms with van der Waals surface area (Å²) in [6.45, 7) is 1.32. The van der Waals surface area contributed by atoms with Crippen LogP contribution in [0.5, 0.6) is 0 Å². The summed E-state index contributed by atoms with van der Waals surface area (Å²) >= 11 is 0. The van der Waals surface area contributed by atoms with E-state index in [2.05, 4.69) is 0 Å². The van der Waals surface area contributed by atoms with Crippen LogP contribution in [0.4, 0.5) is 0 Å². The van der Waals surface area contributed by atoms with Crippen molar-refractivity contribution in [1.82, 2.24) is 4.90 Å². The van der Waals surface area contributed by atoms with Crippen molar-refractivity contribution in [1.29, 1.82) is 0 Å². The lowest BCUT2D eigenvalue weighted by Crippen LogP contribution is -2.55. The second-order valence-electron chi connectivity index (χ2n) is 6.43. The van der Waals surface area contributed by atoms with Crippen molar-refractivity contribution in [2.24, 2.45) is 5.41 Å². The normalized spacial score (nSPS) is 24.5. The van der Waals surface area contributed by atoms with Crippen LogP contribution < -0.4 is 0 Å². The topological polar surface area (TPSA) is 70.0 Å². The maximum absolute atomic E-state index is 12.5. The first-order chi connectivity index (χ1) is 11.6. The smallest absolute Gasteiger partial charge is 0.246 e. The molecule has 132 valence electrons. The van der Waals surface area contributed by atoms with Gasteiger partial charge in [0.05, 0.1) is 12.7 Å². The van der Waals surface area contributed by atoms with Crippen LogP contribution in [-0.4, -0.2) is 60.5 Å². The number of hydrogen-bond acceptors (Lipinski definition) is 4. The quantitative estimate of drug-likeness (QED) is 0.589. The molecule has 2 N–H and O–H groups in total. The standard InChI is InChI=1S/C19H27NO4/c1-24-13-5-11-19(15-21)14-20(12-10-17(19)22)18(23)9-8-16-6-3-2-4-7-16/h2-4,6-9,17,21-22H,5,10-15H2,1H3/t17-,19+/m1/s1. The van der Waals surface area contributed by atoms with E-state index in [0.29, 0.717) is 32.5 Å². The second kappa shape index (κ2) is 8.97. The fourth-order valence-electron chi connectivity index (χ4n) is 3.22. The Morgan fingerprint density at radius 2 is 2.17 bits per heavy atom. The maximum atomic E-state index is 12.5. The highest BCUT2D eigenvalue weighted by Crippen LogP contribution is 2.34. The van der Waals surface area contributed by atoms with Crippen molar-refractivity contribution in [3.8, 4) is 0 Å². The van der Waals surface area contributed by atoms with Crippen LogP contribution >= 0.6 is 0 Å². The van der Waals surface area contributed by atoms with E-state index in [1.165, 1.54) is 0 Å². The molecule has 5 heteroatoms. The molecular weight excluding hydrogens is 306 g/mol. The van der Waals surface area contributed by atoms with E-state index in [1.54, 1.807) is 24.2 Å². The van der Waals surface area contributed by atoms with Gasteiger partial charge in [-0.2, -0.15) is 0 Å². The number of aliphatic hydroxyl groups is 2. The number of carbonyl (C=O) groups is 1. The van der Waals surface area contributed by atoms with Gasteiger partial charge in [-0.3, -0.25) is 4.79 Å². The molecule has 1 heterocycles. The summed E-state index contributed by atoms with van der Waals surface area (Å²) < 4.78 is 5.06. The van der Waals surface area contributed by atoms with Gasteiger partial charge in [0.1, 0.15) is 0 Å². The highest BCUT2D eigenvalue weighted by molar-refractivity contribution is 5.91. The summed E-state index contributed by atoms with van der Waals surface area (Å²) in [6.07, 6.45) is 4.61. The van der Waals surface area contributed by atoms with Crippen LogP contribution in [0.25, 0.3) is 6.08 Å². The van der Waals surface area contributed by atoms with Crippen LogP contribution in [0.15, 0.2) is 36.4 Å². The Morgan fingerprint density at radius 3 is 2.83 bits per heavy atom. The molecule has 24 heavy (non-hydrogen) atoms. The van der Waals surface area contributed by atoms with Gasteiger partial charge in [-0.1, -0.05) is 30.3 Å². The molecule has 2 atom stereocenters. The molecular formula is C19H27NO4. The number of methoxy groups -OCH3 is 1. The number of amides is 1. The van der Waals surface area contributed by atoms with Gasteiger partial charge in [-0.25, -0.2) is 0 Å². The third-order valence-corrected chi connectivity index (χ3v) is 4.75. The molecule has 0 aliphatic carbocycles. The fourth-order valence-corrected chi connectivity index (χ4v) is 3.22. The van der Waals surface area contributed by atoms with E-state index in [0.717, 1.165) is 12.0 Å². The number of hydrogen-bond donors (Lipinski definition) is 2. The molecule has 1 aliphatic rings. The van der Waals surface area contributed by atoms with E-state index in [-0.39, 0.29) is 12.5 Å². The molecule has 5 nitrogen and oxygen atoms in total. The van der Waals surface area contributed by atoms with E-state index in [1.807, 2.05) is 30.3 Å². The van der Waals surface area contributed by atoms with Gasteiger partial charge in [0.2, 0.25) is 5.91 Å². The van der Waals surface area contributed by atoms with Crippen molar-refractivity contribution in [3.63, 3.8) is 0 Å². The Labute approximate surface area is 143 Å². The minimum Gasteiger partial charge on any atom is -0.396 e. The first kappa shape index (κ1) is 18.6. The molecule has 1 aromatic carbocycles. The lowest BCUT2D eigenvalue weighted by molar-refractivity contribution is -0.137. The van der Waals surface area contributed by atoms with Gasteiger partial charge in [0.25, 0.3) is 0 Å². The van der Waals surface area contributed by atoms with Gasteiger partial charge in [0.15, 0.2) is 0 Å². The summed E-state index contributed by atoms with van der Waals surface area (Å²) in [6, 6.07) is 9.65. The minimum absolute atomic E-state index is 0.0877. The van der Waals surface area contributed by atoms with Crippen LogP contribution in [0, 0.1) is 5.41 Å². The number of benzene rings is 1. The highest BCUT2D eigenvalue weighted by atomic mass is 16.5. The lowest BCUT2D eigenvalue weighted by atomic mass is 9.74. The Hall–Kier alpha value is -1.69. The largest absolute Gasteiger partial charge is 0.396 e. The third kappa shape index (κ3) is 4.66. The van der Waals surface area contributed by atoms with Crippen LogP contribution in [-0.2, 0) is 9.53 Å². The number of piperidine rings is 1. The summed E-state index contributed by atoms with van der Waals surface area (Å²) in [4.78, 5) is 14.2. The van der Waals surface area contributed by atoms with Crippen molar-refractivity contribution >= 4 is 12.0 Å². The zero-order chi connectivity index (χ0) is 17.4. The summed E-state index contributed by atoms with van der Waals surface area (Å²) in [5.41, 5.74) is 0.309. The lowest BCUT2D eigenvalue weighted by Gasteiger charge is -2.45. The molecule has 0 unspecified atom stereocenters. The first-order valence-corrected chi connectivity index (χ1v) is 8.41. The molecule has 1 saturated heterocycles. The monoisotopic (exact) mass is 333 g/mol.